The number of aryl methyl sites for hydroxylation is 1. The topological polar surface area (TPSA) is 102 Å². The molecular formula is C22H20N6O3. The second-order valence-corrected chi connectivity index (χ2v) is 7.33. The fourth-order valence-electron chi connectivity index (χ4n) is 3.70. The zero-order valence-corrected chi connectivity index (χ0v) is 16.9. The number of pyridine rings is 1. The molecule has 2 amide bonds. The van der Waals surface area contributed by atoms with Gasteiger partial charge in [-0.1, -0.05) is 12.1 Å². The van der Waals surface area contributed by atoms with Gasteiger partial charge in [-0.3, -0.25) is 14.6 Å². The molecule has 1 N–H and O–H groups in total. The smallest absolute Gasteiger partial charge is 0.280 e. The molecule has 0 saturated heterocycles. The standard InChI is InChI=1S/C22H20N6O3/c1-27-21-15(13-24-27)17-12-14(9-10-23-17)20(30)26-22-25-16-6-2-3-7-18(16)28(22)19(29)8-4-5-11-31-21/h2-3,6-7,9-10,12-13H,4-5,8,11H2,1H3,(H,25,26,30). The van der Waals surface area contributed by atoms with E-state index < -0.39 is 5.91 Å². The maximum atomic E-state index is 13.0. The highest BCUT2D eigenvalue weighted by atomic mass is 16.5. The summed E-state index contributed by atoms with van der Waals surface area (Å²) in [6, 6.07) is 10.6. The van der Waals surface area contributed by atoms with Gasteiger partial charge in [0.1, 0.15) is 0 Å². The minimum atomic E-state index is -0.474. The van der Waals surface area contributed by atoms with Gasteiger partial charge >= 0.3 is 0 Å². The van der Waals surface area contributed by atoms with Crippen molar-refractivity contribution in [1.82, 2.24) is 14.8 Å². The zero-order chi connectivity index (χ0) is 21.4. The number of guanidine groups is 1. The molecule has 9 nitrogen and oxygen atoms in total. The number of benzene rings is 1. The van der Waals surface area contributed by atoms with E-state index in [4.69, 9.17) is 4.74 Å². The molecule has 9 heteroatoms. The van der Waals surface area contributed by atoms with Crippen molar-refractivity contribution in [2.75, 3.05) is 16.8 Å². The summed E-state index contributed by atoms with van der Waals surface area (Å²) in [7, 11) is 1.79. The number of carbonyl (C=O) groups excluding carboxylic acids is 2. The van der Waals surface area contributed by atoms with Crippen LogP contribution in [-0.2, 0) is 11.8 Å². The molecule has 0 radical (unpaired) electrons. The van der Waals surface area contributed by atoms with Gasteiger partial charge in [-0.2, -0.15) is 10.1 Å². The minimum absolute atomic E-state index is 0.129. The number of anilines is 2. The third kappa shape index (κ3) is 3.43. The predicted molar refractivity (Wildman–Crippen MR) is 115 cm³/mol. The van der Waals surface area contributed by atoms with Crippen LogP contribution in [0, 0.1) is 0 Å². The third-order valence-corrected chi connectivity index (χ3v) is 5.25. The van der Waals surface area contributed by atoms with Crippen molar-refractivity contribution in [2.24, 2.45) is 12.0 Å². The number of rotatable bonds is 0. The van der Waals surface area contributed by atoms with Crippen LogP contribution in [0.1, 0.15) is 29.6 Å². The summed E-state index contributed by atoms with van der Waals surface area (Å²) in [6.07, 6.45) is 4.85. The summed E-state index contributed by atoms with van der Waals surface area (Å²) < 4.78 is 7.58. The second kappa shape index (κ2) is 7.67. The van der Waals surface area contributed by atoms with Gasteiger partial charge < -0.3 is 10.1 Å². The molecule has 2 aliphatic rings. The van der Waals surface area contributed by atoms with Crippen LogP contribution < -0.4 is 15.0 Å². The Bertz CT molecular complexity index is 1220. The largest absolute Gasteiger partial charge is 0.477 e. The Morgan fingerprint density at radius 1 is 1.13 bits per heavy atom. The predicted octanol–water partition coefficient (Wildman–Crippen LogP) is 3.00. The van der Waals surface area contributed by atoms with E-state index in [2.05, 4.69) is 20.4 Å². The Labute approximate surface area is 178 Å². The number of amides is 2. The highest BCUT2D eigenvalue weighted by Gasteiger charge is 2.31. The first-order valence-corrected chi connectivity index (χ1v) is 10.0. The number of para-hydroxylation sites is 2. The SMILES string of the molecule is Cn1ncc2c1OCCCCC(=O)N1/C(=N/C(=O)c3ccnc-2c3)Nc2ccccc21. The molecule has 2 aromatic heterocycles. The molecule has 0 fully saturated rings. The first-order chi connectivity index (χ1) is 15.1. The van der Waals surface area contributed by atoms with Crippen molar-refractivity contribution < 1.29 is 14.3 Å². The van der Waals surface area contributed by atoms with Gasteiger partial charge in [-0.25, -0.2) is 9.58 Å². The number of nitrogens with zero attached hydrogens (tertiary/aromatic N) is 5. The quantitative estimate of drug-likeness (QED) is 0.605. The monoisotopic (exact) mass is 416 g/mol. The van der Waals surface area contributed by atoms with E-state index in [0.29, 0.717) is 54.3 Å². The Hall–Kier alpha value is -4.01. The molecule has 0 atom stereocenters. The Balaban J connectivity index is 1.59. The number of hydrogen-bond donors (Lipinski definition) is 1. The van der Waals surface area contributed by atoms with Crippen LogP contribution in [0.3, 0.4) is 0 Å². The highest BCUT2D eigenvalue weighted by molar-refractivity contribution is 6.29. The van der Waals surface area contributed by atoms with Crippen molar-refractivity contribution in [3.8, 4) is 17.1 Å². The van der Waals surface area contributed by atoms with Crippen LogP contribution in [0.2, 0.25) is 0 Å². The van der Waals surface area contributed by atoms with Gasteiger partial charge in [0.25, 0.3) is 5.91 Å². The summed E-state index contributed by atoms with van der Waals surface area (Å²) in [6.45, 7) is 0.439. The van der Waals surface area contributed by atoms with Crippen LogP contribution in [-0.4, -0.2) is 39.1 Å². The molecule has 31 heavy (non-hydrogen) atoms. The average Bonchev–Trinajstić information content (AvgIpc) is 3.33. The molecule has 4 heterocycles. The van der Waals surface area contributed by atoms with Crippen molar-refractivity contribution in [2.45, 2.75) is 19.3 Å². The number of aliphatic imine (C=N–C) groups is 1. The van der Waals surface area contributed by atoms with E-state index in [1.165, 1.54) is 4.90 Å². The summed E-state index contributed by atoms with van der Waals surface area (Å²) in [5.41, 5.74) is 3.05. The molecule has 5 rings (SSSR count). The third-order valence-electron chi connectivity index (χ3n) is 5.25. The number of carbonyl (C=O) groups is 2. The molecule has 1 aromatic carbocycles. The molecule has 0 aliphatic carbocycles. The first-order valence-electron chi connectivity index (χ1n) is 10.0. The maximum Gasteiger partial charge on any atom is 0.280 e. The fraction of sp³-hybridized carbons (Fsp3) is 0.227. The van der Waals surface area contributed by atoms with E-state index in [0.717, 1.165) is 5.69 Å². The van der Waals surface area contributed by atoms with Crippen LogP contribution >= 0.6 is 0 Å². The van der Waals surface area contributed by atoms with Crippen molar-refractivity contribution in [1.29, 1.82) is 0 Å². The summed E-state index contributed by atoms with van der Waals surface area (Å²) in [5, 5.41) is 7.36. The normalized spacial score (nSPS) is 17.8. The van der Waals surface area contributed by atoms with Crippen LogP contribution in [0.4, 0.5) is 11.4 Å². The van der Waals surface area contributed by atoms with Gasteiger partial charge in [-0.15, -0.1) is 0 Å². The number of hydrogen-bond acceptors (Lipinski definition) is 6. The zero-order valence-electron chi connectivity index (χ0n) is 16.9. The van der Waals surface area contributed by atoms with Gasteiger partial charge in [0.05, 0.1) is 35.4 Å². The molecule has 156 valence electrons. The lowest BCUT2D eigenvalue weighted by molar-refractivity contribution is -0.117. The minimum Gasteiger partial charge on any atom is -0.477 e. The molecular weight excluding hydrogens is 396 g/mol. The Kier molecular flexibility index (Phi) is 4.70. The van der Waals surface area contributed by atoms with Crippen molar-refractivity contribution in [3.63, 3.8) is 0 Å². The van der Waals surface area contributed by atoms with Gasteiger partial charge in [0, 0.05) is 25.2 Å². The lowest BCUT2D eigenvalue weighted by atomic mass is 10.1. The van der Waals surface area contributed by atoms with Crippen molar-refractivity contribution in [3.05, 3.63) is 54.4 Å². The average molecular weight is 416 g/mol. The molecule has 2 aliphatic heterocycles. The number of aromatic nitrogens is 3. The Morgan fingerprint density at radius 3 is 2.90 bits per heavy atom. The first kappa shape index (κ1) is 19.0. The van der Waals surface area contributed by atoms with Crippen molar-refractivity contribution >= 4 is 29.1 Å². The Morgan fingerprint density at radius 2 is 2.00 bits per heavy atom. The van der Waals surface area contributed by atoms with Gasteiger partial charge in [0.15, 0.2) is 0 Å². The van der Waals surface area contributed by atoms with E-state index in [-0.39, 0.29) is 11.9 Å². The molecule has 0 unspecified atom stereocenters. The number of nitrogens with one attached hydrogen (secondary N) is 1. The lowest BCUT2D eigenvalue weighted by Gasteiger charge is -2.16. The maximum absolute atomic E-state index is 13.0. The molecule has 3 aromatic rings. The molecule has 0 spiro atoms. The molecule has 0 saturated carbocycles. The highest BCUT2D eigenvalue weighted by Crippen LogP contribution is 2.33. The van der Waals surface area contributed by atoms with Gasteiger partial charge in [-0.05, 0) is 37.1 Å². The van der Waals surface area contributed by atoms with E-state index in [1.807, 2.05) is 24.3 Å². The van der Waals surface area contributed by atoms with E-state index in [1.54, 1.807) is 36.3 Å². The number of ether oxygens (including phenoxy) is 1. The van der Waals surface area contributed by atoms with Crippen LogP contribution in [0.15, 0.2) is 53.8 Å². The molecule has 2 bridgehead atoms. The van der Waals surface area contributed by atoms with E-state index in [9.17, 15) is 9.59 Å². The van der Waals surface area contributed by atoms with Crippen LogP contribution in [0.25, 0.3) is 11.3 Å². The number of fused-ring (bicyclic) bond motifs is 7. The summed E-state index contributed by atoms with van der Waals surface area (Å²) in [4.78, 5) is 36.1. The summed E-state index contributed by atoms with van der Waals surface area (Å²) >= 11 is 0. The van der Waals surface area contributed by atoms with E-state index >= 15 is 0 Å². The second-order valence-electron chi connectivity index (χ2n) is 7.33. The lowest BCUT2D eigenvalue weighted by Crippen LogP contribution is -2.37. The van der Waals surface area contributed by atoms with Crippen LogP contribution in [0.5, 0.6) is 5.88 Å². The van der Waals surface area contributed by atoms with Gasteiger partial charge in [0.2, 0.25) is 17.7 Å². The summed E-state index contributed by atoms with van der Waals surface area (Å²) in [5.74, 6) is 0.178. The fourth-order valence-corrected chi connectivity index (χ4v) is 3.70.